The monoisotopic (exact) mass is 415 g/mol. The van der Waals surface area contributed by atoms with Crippen LogP contribution < -0.4 is 0 Å². The van der Waals surface area contributed by atoms with Crippen molar-refractivity contribution in [2.45, 2.75) is 32.8 Å². The lowest BCUT2D eigenvalue weighted by molar-refractivity contribution is 0.0270. The zero-order chi connectivity index (χ0) is 22.0. The highest BCUT2D eigenvalue weighted by molar-refractivity contribution is 5.82. The van der Waals surface area contributed by atoms with Crippen molar-refractivity contribution in [2.24, 2.45) is 7.05 Å². The maximum Gasteiger partial charge on any atom is 0.410 e. The first-order valence-electron chi connectivity index (χ1n) is 10.7. The van der Waals surface area contributed by atoms with Gasteiger partial charge in [0.15, 0.2) is 0 Å². The summed E-state index contributed by atoms with van der Waals surface area (Å²) >= 11 is 0. The van der Waals surface area contributed by atoms with Crippen LogP contribution in [0.15, 0.2) is 66.7 Å². The van der Waals surface area contributed by atoms with Gasteiger partial charge in [0, 0.05) is 31.3 Å². The Morgan fingerprint density at radius 3 is 2.13 bits per heavy atom. The fourth-order valence-corrected chi connectivity index (χ4v) is 3.87. The summed E-state index contributed by atoms with van der Waals surface area (Å²) in [6, 6.07) is 20.6. The lowest BCUT2D eigenvalue weighted by Crippen LogP contribution is -2.39. The number of ether oxygens (including phenoxy) is 1. The van der Waals surface area contributed by atoms with Gasteiger partial charge in [-0.3, -0.25) is 0 Å². The molecule has 0 radical (unpaired) electrons. The van der Waals surface area contributed by atoms with Crippen molar-refractivity contribution in [2.75, 3.05) is 13.1 Å². The molecule has 2 heterocycles. The predicted molar refractivity (Wildman–Crippen MR) is 124 cm³/mol. The quantitative estimate of drug-likeness (QED) is 0.545. The summed E-state index contributed by atoms with van der Waals surface area (Å²) < 4.78 is 7.69. The van der Waals surface area contributed by atoms with E-state index >= 15 is 0 Å². The minimum absolute atomic E-state index is 0.266. The summed E-state index contributed by atoms with van der Waals surface area (Å²) in [5.74, 6) is 0.946. The highest BCUT2D eigenvalue weighted by atomic mass is 16.6. The van der Waals surface area contributed by atoms with Crippen LogP contribution in [0.1, 0.15) is 33.0 Å². The molecular weight excluding hydrogens is 386 g/mol. The number of carbonyl (C=O) groups is 1. The second kappa shape index (κ2) is 8.42. The molecule has 5 nitrogen and oxygen atoms in total. The third-order valence-electron chi connectivity index (χ3n) is 5.34. The molecule has 0 spiro atoms. The summed E-state index contributed by atoms with van der Waals surface area (Å²) in [6.07, 6.45) is 2.57. The van der Waals surface area contributed by atoms with Gasteiger partial charge in [0.25, 0.3) is 0 Å². The van der Waals surface area contributed by atoms with E-state index in [1.807, 2.05) is 45.0 Å². The van der Waals surface area contributed by atoms with Gasteiger partial charge in [0.1, 0.15) is 11.4 Å². The fraction of sp³-hybridized carbons (Fsp3) is 0.308. The van der Waals surface area contributed by atoms with Gasteiger partial charge in [-0.25, -0.2) is 9.78 Å². The van der Waals surface area contributed by atoms with E-state index in [4.69, 9.17) is 9.72 Å². The van der Waals surface area contributed by atoms with Crippen molar-refractivity contribution in [1.82, 2.24) is 14.5 Å². The largest absolute Gasteiger partial charge is 0.444 e. The third-order valence-corrected chi connectivity index (χ3v) is 5.34. The van der Waals surface area contributed by atoms with E-state index in [2.05, 4.69) is 54.1 Å². The Morgan fingerprint density at radius 1 is 0.968 bits per heavy atom. The van der Waals surface area contributed by atoms with Crippen molar-refractivity contribution in [3.05, 3.63) is 72.6 Å². The number of carbonyl (C=O) groups excluding carboxylic acids is 1. The van der Waals surface area contributed by atoms with Gasteiger partial charge >= 0.3 is 6.09 Å². The molecule has 0 unspecified atom stereocenters. The van der Waals surface area contributed by atoms with Crippen LogP contribution in [0.5, 0.6) is 0 Å². The summed E-state index contributed by atoms with van der Waals surface area (Å²) in [5.41, 5.74) is 4.96. The second-order valence-corrected chi connectivity index (χ2v) is 8.83. The van der Waals surface area contributed by atoms with E-state index < -0.39 is 5.60 Å². The Kier molecular flexibility index (Phi) is 5.68. The number of nitrogens with zero attached hydrogens (tertiary/aromatic N) is 3. The normalized spacial score (nSPS) is 14.3. The molecule has 31 heavy (non-hydrogen) atoms. The number of benzene rings is 2. The number of aromatic nitrogens is 2. The van der Waals surface area contributed by atoms with E-state index in [0.29, 0.717) is 13.1 Å². The zero-order valence-corrected chi connectivity index (χ0v) is 18.6. The number of hydrogen-bond donors (Lipinski definition) is 0. The van der Waals surface area contributed by atoms with Crippen LogP contribution in [-0.4, -0.2) is 39.2 Å². The van der Waals surface area contributed by atoms with E-state index in [9.17, 15) is 4.79 Å². The van der Waals surface area contributed by atoms with Crippen molar-refractivity contribution >= 4 is 11.7 Å². The smallest absolute Gasteiger partial charge is 0.410 e. The number of rotatable bonds is 3. The van der Waals surface area contributed by atoms with Gasteiger partial charge in [-0.15, -0.1) is 0 Å². The summed E-state index contributed by atoms with van der Waals surface area (Å²) in [5, 5.41) is 0. The standard InChI is InChI=1S/C26H29N3O2/c1-26(2,3)31-25(30)29-17-15-21(16-18-29)24-27-22(19-11-7-5-8-12-19)23(28(24)4)20-13-9-6-10-14-20/h5-15H,16-18H2,1-4H3. The molecule has 0 atom stereocenters. The molecule has 1 amide bonds. The summed E-state index contributed by atoms with van der Waals surface area (Å²) in [7, 11) is 2.07. The Bertz CT molecular complexity index is 1090. The number of hydrogen-bond acceptors (Lipinski definition) is 3. The van der Waals surface area contributed by atoms with E-state index in [-0.39, 0.29) is 6.09 Å². The maximum atomic E-state index is 12.4. The van der Waals surface area contributed by atoms with Crippen LogP contribution in [-0.2, 0) is 11.8 Å². The van der Waals surface area contributed by atoms with Crippen LogP contribution in [0.3, 0.4) is 0 Å². The molecule has 5 heteroatoms. The minimum atomic E-state index is -0.490. The SMILES string of the molecule is Cn1c(C2=CCN(C(=O)OC(C)(C)C)CC2)nc(-c2ccccc2)c1-c1ccccc1. The average molecular weight is 416 g/mol. The average Bonchev–Trinajstić information content (AvgIpc) is 3.11. The molecule has 4 rings (SSSR count). The lowest BCUT2D eigenvalue weighted by atomic mass is 10.0. The van der Waals surface area contributed by atoms with Gasteiger partial charge in [-0.2, -0.15) is 0 Å². The van der Waals surface area contributed by atoms with Crippen LogP contribution in [0.25, 0.3) is 28.1 Å². The highest BCUT2D eigenvalue weighted by Gasteiger charge is 2.26. The Labute approximate surface area is 184 Å². The van der Waals surface area contributed by atoms with Crippen LogP contribution in [0.4, 0.5) is 4.79 Å². The molecule has 0 saturated heterocycles. The van der Waals surface area contributed by atoms with Crippen molar-refractivity contribution in [1.29, 1.82) is 0 Å². The molecule has 1 aromatic heterocycles. The molecule has 0 aliphatic carbocycles. The first kappa shape index (κ1) is 20.9. The van der Waals surface area contributed by atoms with Gasteiger partial charge in [0.2, 0.25) is 0 Å². The van der Waals surface area contributed by atoms with Crippen molar-refractivity contribution in [3.8, 4) is 22.5 Å². The van der Waals surface area contributed by atoms with Gasteiger partial charge in [-0.1, -0.05) is 66.7 Å². The zero-order valence-electron chi connectivity index (χ0n) is 18.6. The summed E-state index contributed by atoms with van der Waals surface area (Å²) in [4.78, 5) is 19.2. The van der Waals surface area contributed by atoms with Crippen LogP contribution >= 0.6 is 0 Å². The van der Waals surface area contributed by atoms with Crippen LogP contribution in [0, 0.1) is 0 Å². The molecule has 0 N–H and O–H groups in total. The van der Waals surface area contributed by atoms with Crippen molar-refractivity contribution in [3.63, 3.8) is 0 Å². The van der Waals surface area contributed by atoms with E-state index in [1.54, 1.807) is 4.90 Å². The molecule has 1 aliphatic rings. The molecule has 2 aromatic carbocycles. The molecule has 0 fully saturated rings. The first-order chi connectivity index (χ1) is 14.8. The molecule has 3 aromatic rings. The second-order valence-electron chi connectivity index (χ2n) is 8.83. The highest BCUT2D eigenvalue weighted by Crippen LogP contribution is 2.35. The van der Waals surface area contributed by atoms with E-state index in [0.717, 1.165) is 40.3 Å². The Balaban J connectivity index is 1.69. The van der Waals surface area contributed by atoms with Crippen molar-refractivity contribution < 1.29 is 9.53 Å². The van der Waals surface area contributed by atoms with Gasteiger partial charge < -0.3 is 14.2 Å². The fourth-order valence-electron chi connectivity index (χ4n) is 3.87. The molecule has 160 valence electrons. The molecule has 0 saturated carbocycles. The summed E-state index contributed by atoms with van der Waals surface area (Å²) in [6.45, 7) is 6.81. The predicted octanol–water partition coefficient (Wildman–Crippen LogP) is 5.78. The van der Waals surface area contributed by atoms with Crippen LogP contribution in [0.2, 0.25) is 0 Å². The third kappa shape index (κ3) is 4.55. The minimum Gasteiger partial charge on any atom is -0.444 e. The molecule has 0 bridgehead atoms. The molecular formula is C26H29N3O2. The van der Waals surface area contributed by atoms with Gasteiger partial charge in [-0.05, 0) is 32.8 Å². The topological polar surface area (TPSA) is 47.4 Å². The number of amides is 1. The lowest BCUT2D eigenvalue weighted by Gasteiger charge is -2.29. The van der Waals surface area contributed by atoms with Gasteiger partial charge in [0.05, 0.1) is 11.4 Å². The Morgan fingerprint density at radius 2 is 1.58 bits per heavy atom. The Hall–Kier alpha value is -3.34. The first-order valence-corrected chi connectivity index (χ1v) is 10.7. The van der Waals surface area contributed by atoms with E-state index in [1.165, 1.54) is 0 Å². The molecule has 1 aliphatic heterocycles. The maximum absolute atomic E-state index is 12.4. The number of imidazole rings is 1.